The summed E-state index contributed by atoms with van der Waals surface area (Å²) < 4.78 is 0. The summed E-state index contributed by atoms with van der Waals surface area (Å²) in [5, 5.41) is 21.2. The van der Waals surface area contributed by atoms with Crippen LogP contribution < -0.4 is 22.1 Å². The van der Waals surface area contributed by atoms with Crippen molar-refractivity contribution in [1.29, 1.82) is 10.8 Å². The van der Waals surface area contributed by atoms with E-state index in [0.717, 1.165) is 34.9 Å². The van der Waals surface area contributed by atoms with Gasteiger partial charge in [0, 0.05) is 47.3 Å². The summed E-state index contributed by atoms with van der Waals surface area (Å²) in [5.41, 5.74) is 17.1. The van der Waals surface area contributed by atoms with Gasteiger partial charge in [-0.25, -0.2) is 0 Å². The van der Waals surface area contributed by atoms with Crippen LogP contribution in [0.4, 0.5) is 17.1 Å². The summed E-state index contributed by atoms with van der Waals surface area (Å²) in [6.45, 7) is 1.96. The summed E-state index contributed by atoms with van der Waals surface area (Å²) in [7, 11) is 0. The third-order valence-electron chi connectivity index (χ3n) is 4.50. The molecule has 138 valence electrons. The molecule has 0 spiro atoms. The van der Waals surface area contributed by atoms with Gasteiger partial charge in [0.1, 0.15) is 0 Å². The average molecular weight is 362 g/mol. The fraction of sp³-hybridized carbons (Fsp3) is 0.150. The van der Waals surface area contributed by atoms with Gasteiger partial charge in [-0.05, 0) is 30.7 Å². The quantitative estimate of drug-likeness (QED) is 0.367. The second-order valence-electron chi connectivity index (χ2n) is 6.49. The lowest BCUT2D eigenvalue weighted by Gasteiger charge is -2.18. The predicted molar refractivity (Wildman–Crippen MR) is 111 cm³/mol. The van der Waals surface area contributed by atoms with Crippen molar-refractivity contribution in [2.24, 2.45) is 5.73 Å². The summed E-state index contributed by atoms with van der Waals surface area (Å²) in [5.74, 6) is -0.0299. The summed E-state index contributed by atoms with van der Waals surface area (Å²) >= 11 is 0. The van der Waals surface area contributed by atoms with E-state index >= 15 is 0 Å². The molecule has 8 N–H and O–H groups in total. The van der Waals surface area contributed by atoms with Gasteiger partial charge in [0.25, 0.3) is 0 Å². The molecule has 0 aliphatic carbocycles. The first-order chi connectivity index (χ1) is 12.9. The highest BCUT2D eigenvalue weighted by atomic mass is 16.1. The topological polar surface area (TPSA) is 141 Å². The van der Waals surface area contributed by atoms with E-state index in [1.165, 1.54) is 0 Å². The number of anilines is 3. The average Bonchev–Trinajstić information content (AvgIpc) is 2.79. The molecule has 27 heavy (non-hydrogen) atoms. The first-order valence-electron chi connectivity index (χ1n) is 8.55. The van der Waals surface area contributed by atoms with Crippen molar-refractivity contribution >= 4 is 41.1 Å². The smallest absolute Gasteiger partial charge is 0.226 e. The van der Waals surface area contributed by atoms with Crippen LogP contribution in [0.1, 0.15) is 18.9 Å². The number of nitrogen functional groups attached to an aromatic ring is 1. The van der Waals surface area contributed by atoms with E-state index in [0.29, 0.717) is 17.7 Å². The lowest BCUT2D eigenvalue weighted by molar-refractivity contribution is -0.116. The van der Waals surface area contributed by atoms with Crippen LogP contribution in [0.2, 0.25) is 0 Å². The third-order valence-corrected chi connectivity index (χ3v) is 4.50. The number of carbonyl (C=O) groups is 1. The van der Waals surface area contributed by atoms with Gasteiger partial charge < -0.3 is 32.9 Å². The molecule has 1 amide bonds. The van der Waals surface area contributed by atoms with E-state index in [2.05, 4.69) is 10.6 Å². The molecule has 0 aromatic heterocycles. The molecule has 0 bridgehead atoms. The SMILES string of the molecule is C[C@@H]1CC(=O)Nc2cccc(-c3ccc(N)c(C(N)=C(C=N)C=N)c3)c2N1. The Morgan fingerprint density at radius 3 is 2.67 bits per heavy atom. The predicted octanol–water partition coefficient (Wildman–Crippen LogP) is 3.05. The molecule has 0 fully saturated rings. The van der Waals surface area contributed by atoms with Crippen LogP contribution in [-0.2, 0) is 4.79 Å². The van der Waals surface area contributed by atoms with E-state index in [9.17, 15) is 4.79 Å². The number of hydrogen-bond donors (Lipinski definition) is 6. The Bertz CT molecular complexity index is 953. The van der Waals surface area contributed by atoms with Crippen LogP contribution in [0.3, 0.4) is 0 Å². The molecule has 0 unspecified atom stereocenters. The Hall–Kier alpha value is -3.61. The molecule has 2 aromatic carbocycles. The minimum atomic E-state index is -0.0299. The number of hydrogen-bond acceptors (Lipinski definition) is 6. The number of amides is 1. The number of allylic oxidation sites excluding steroid dienone is 1. The Kier molecular flexibility index (Phi) is 4.94. The highest BCUT2D eigenvalue weighted by molar-refractivity contribution is 6.10. The van der Waals surface area contributed by atoms with Gasteiger partial charge in [-0.2, -0.15) is 0 Å². The van der Waals surface area contributed by atoms with Gasteiger partial charge in [0.2, 0.25) is 5.91 Å². The lowest BCUT2D eigenvalue weighted by atomic mass is 9.97. The standard InChI is InChI=1S/C20H22N6O/c1-11-7-18(27)26-17-4-2-3-14(20(17)25-11)12-5-6-16(23)15(8-12)19(24)13(9-21)10-22/h2-6,8-11,21-22,25H,7,23-24H2,1H3,(H,26,27)/t11-/m1/s1. The highest BCUT2D eigenvalue weighted by Crippen LogP contribution is 2.38. The molecule has 7 heteroatoms. The van der Waals surface area contributed by atoms with E-state index in [4.69, 9.17) is 22.3 Å². The zero-order valence-corrected chi connectivity index (χ0v) is 15.0. The molecular weight excluding hydrogens is 340 g/mol. The normalized spacial score (nSPS) is 15.6. The van der Waals surface area contributed by atoms with Gasteiger partial charge in [-0.15, -0.1) is 0 Å². The van der Waals surface area contributed by atoms with Crippen LogP contribution >= 0.6 is 0 Å². The van der Waals surface area contributed by atoms with Crippen molar-refractivity contribution < 1.29 is 4.79 Å². The maximum absolute atomic E-state index is 12.0. The van der Waals surface area contributed by atoms with E-state index < -0.39 is 0 Å². The number of rotatable bonds is 4. The van der Waals surface area contributed by atoms with E-state index in [1.54, 1.807) is 6.07 Å². The molecule has 3 rings (SSSR count). The Morgan fingerprint density at radius 1 is 1.22 bits per heavy atom. The van der Waals surface area contributed by atoms with Crippen molar-refractivity contribution in [2.75, 3.05) is 16.4 Å². The Balaban J connectivity index is 2.17. The van der Waals surface area contributed by atoms with Gasteiger partial charge in [0.05, 0.1) is 17.1 Å². The van der Waals surface area contributed by atoms with Gasteiger partial charge in [-0.1, -0.05) is 18.2 Å². The zero-order valence-electron chi connectivity index (χ0n) is 15.0. The number of benzene rings is 2. The van der Waals surface area contributed by atoms with Crippen LogP contribution in [-0.4, -0.2) is 24.4 Å². The van der Waals surface area contributed by atoms with Gasteiger partial charge >= 0.3 is 0 Å². The molecule has 2 aromatic rings. The minimum absolute atomic E-state index is 0.00644. The number of nitrogens with two attached hydrogens (primary N) is 2. The molecule has 0 saturated heterocycles. The minimum Gasteiger partial charge on any atom is -0.398 e. The van der Waals surface area contributed by atoms with Crippen molar-refractivity contribution in [3.05, 3.63) is 47.5 Å². The van der Waals surface area contributed by atoms with Crippen molar-refractivity contribution in [2.45, 2.75) is 19.4 Å². The van der Waals surface area contributed by atoms with Crippen LogP contribution in [0.15, 0.2) is 42.0 Å². The van der Waals surface area contributed by atoms with Crippen LogP contribution in [0.5, 0.6) is 0 Å². The highest BCUT2D eigenvalue weighted by Gasteiger charge is 2.20. The van der Waals surface area contributed by atoms with Crippen molar-refractivity contribution in [1.82, 2.24) is 0 Å². The first-order valence-corrected chi connectivity index (χ1v) is 8.55. The first kappa shape index (κ1) is 18.2. The van der Waals surface area contributed by atoms with E-state index in [1.807, 2.05) is 37.3 Å². The second-order valence-corrected chi connectivity index (χ2v) is 6.49. The number of para-hydroxylation sites is 1. The molecular formula is C20H22N6O. The van der Waals surface area contributed by atoms with Crippen LogP contribution in [0, 0.1) is 10.8 Å². The molecule has 1 aliphatic rings. The monoisotopic (exact) mass is 362 g/mol. The van der Waals surface area contributed by atoms with Crippen molar-refractivity contribution in [3.63, 3.8) is 0 Å². The largest absolute Gasteiger partial charge is 0.398 e. The Morgan fingerprint density at radius 2 is 1.96 bits per heavy atom. The van der Waals surface area contributed by atoms with Gasteiger partial charge in [-0.3, -0.25) is 4.79 Å². The molecule has 1 atom stereocenters. The number of carbonyl (C=O) groups excluding carboxylic acids is 1. The Labute approximate surface area is 157 Å². The second kappa shape index (κ2) is 7.33. The fourth-order valence-corrected chi connectivity index (χ4v) is 3.14. The number of fused-ring (bicyclic) bond motifs is 1. The molecule has 7 nitrogen and oxygen atoms in total. The fourth-order valence-electron chi connectivity index (χ4n) is 3.14. The molecule has 0 saturated carbocycles. The third kappa shape index (κ3) is 3.52. The molecule has 1 aliphatic heterocycles. The summed E-state index contributed by atoms with van der Waals surface area (Å²) in [6, 6.07) is 11.2. The van der Waals surface area contributed by atoms with Gasteiger partial charge in [0.15, 0.2) is 0 Å². The maximum atomic E-state index is 12.0. The summed E-state index contributed by atoms with van der Waals surface area (Å²) in [6.07, 6.45) is 2.45. The lowest BCUT2D eigenvalue weighted by Crippen LogP contribution is -2.19. The van der Waals surface area contributed by atoms with Crippen LogP contribution in [0.25, 0.3) is 16.8 Å². The molecule has 1 heterocycles. The maximum Gasteiger partial charge on any atom is 0.226 e. The molecule has 0 radical (unpaired) electrons. The van der Waals surface area contributed by atoms with Crippen molar-refractivity contribution in [3.8, 4) is 11.1 Å². The zero-order chi connectivity index (χ0) is 19.6. The number of nitrogens with one attached hydrogen (secondary N) is 4. The summed E-state index contributed by atoms with van der Waals surface area (Å²) in [4.78, 5) is 12.0. The van der Waals surface area contributed by atoms with E-state index in [-0.39, 0.29) is 23.2 Å².